The van der Waals surface area contributed by atoms with Crippen molar-refractivity contribution >= 4 is 55.3 Å². The van der Waals surface area contributed by atoms with Gasteiger partial charge in [0.25, 0.3) is 5.91 Å². The summed E-state index contributed by atoms with van der Waals surface area (Å²) in [5.74, 6) is 0.0361. The van der Waals surface area contributed by atoms with Gasteiger partial charge in [-0.15, -0.1) is 22.7 Å². The van der Waals surface area contributed by atoms with Gasteiger partial charge >= 0.3 is 0 Å². The number of thiophene rings is 1. The van der Waals surface area contributed by atoms with Crippen LogP contribution in [0, 0.1) is 0 Å². The zero-order valence-electron chi connectivity index (χ0n) is 14.4. The number of rotatable bonds is 3. The molecule has 0 N–H and O–H groups in total. The molecule has 1 fully saturated rings. The first kappa shape index (κ1) is 16.9. The Hall–Kier alpha value is -2.29. The highest BCUT2D eigenvalue weighted by Gasteiger charge is 2.25. The van der Waals surface area contributed by atoms with Gasteiger partial charge in [-0.1, -0.05) is 12.1 Å². The lowest BCUT2D eigenvalue weighted by molar-refractivity contribution is 0.0746. The van der Waals surface area contributed by atoms with Crippen molar-refractivity contribution in [2.75, 3.05) is 31.1 Å². The van der Waals surface area contributed by atoms with Gasteiger partial charge in [-0.3, -0.25) is 4.79 Å². The standard InChI is InChI=1S/C19H16N4OS3/c24-18(17-20-14-3-1-2-4-16(14)27-17)22-6-8-23(9-7-22)19-21-15(12-26-19)13-5-10-25-11-13/h1-5,10-12H,6-9H2. The molecule has 27 heavy (non-hydrogen) atoms. The fourth-order valence-corrected chi connectivity index (χ4v) is 5.62. The van der Waals surface area contributed by atoms with Crippen molar-refractivity contribution in [3.05, 3.63) is 51.5 Å². The van der Waals surface area contributed by atoms with E-state index in [1.807, 2.05) is 29.2 Å². The quantitative estimate of drug-likeness (QED) is 0.499. The average Bonchev–Trinajstić information content (AvgIpc) is 3.47. The van der Waals surface area contributed by atoms with E-state index in [-0.39, 0.29) is 5.91 Å². The summed E-state index contributed by atoms with van der Waals surface area (Å²) in [6.07, 6.45) is 0. The minimum Gasteiger partial charge on any atom is -0.345 e. The monoisotopic (exact) mass is 412 g/mol. The fourth-order valence-electron chi connectivity index (χ4n) is 3.15. The fraction of sp³-hybridized carbons (Fsp3) is 0.211. The molecule has 0 radical (unpaired) electrons. The van der Waals surface area contributed by atoms with E-state index in [1.165, 1.54) is 16.9 Å². The summed E-state index contributed by atoms with van der Waals surface area (Å²) in [6, 6.07) is 9.99. The number of amides is 1. The number of anilines is 1. The number of para-hydroxylation sites is 1. The highest BCUT2D eigenvalue weighted by Crippen LogP contribution is 2.29. The Kier molecular flexibility index (Phi) is 4.39. The zero-order chi connectivity index (χ0) is 18.2. The van der Waals surface area contributed by atoms with Crippen LogP contribution < -0.4 is 4.90 Å². The van der Waals surface area contributed by atoms with E-state index in [9.17, 15) is 4.79 Å². The van der Waals surface area contributed by atoms with Gasteiger partial charge < -0.3 is 9.80 Å². The van der Waals surface area contributed by atoms with Crippen molar-refractivity contribution in [2.45, 2.75) is 0 Å². The van der Waals surface area contributed by atoms with Crippen LogP contribution in [0.1, 0.15) is 9.80 Å². The predicted molar refractivity (Wildman–Crippen MR) is 113 cm³/mol. The summed E-state index contributed by atoms with van der Waals surface area (Å²) < 4.78 is 1.06. The van der Waals surface area contributed by atoms with E-state index in [0.717, 1.165) is 34.1 Å². The topological polar surface area (TPSA) is 49.3 Å². The molecule has 1 aliphatic heterocycles. The SMILES string of the molecule is O=C(c1nc2ccccc2s1)N1CCN(c2nc(-c3ccsc3)cs2)CC1. The molecule has 5 nitrogen and oxygen atoms in total. The van der Waals surface area contributed by atoms with Gasteiger partial charge in [0, 0.05) is 42.5 Å². The maximum absolute atomic E-state index is 12.8. The molecule has 8 heteroatoms. The second-order valence-electron chi connectivity index (χ2n) is 6.29. The minimum atomic E-state index is 0.0361. The molecule has 4 heterocycles. The Balaban J connectivity index is 1.26. The molecule has 1 amide bonds. The van der Waals surface area contributed by atoms with E-state index in [1.54, 1.807) is 22.7 Å². The molecule has 0 atom stereocenters. The number of benzene rings is 1. The van der Waals surface area contributed by atoms with Crippen molar-refractivity contribution in [1.29, 1.82) is 0 Å². The van der Waals surface area contributed by atoms with Crippen molar-refractivity contribution in [2.24, 2.45) is 0 Å². The average molecular weight is 413 g/mol. The molecule has 0 unspecified atom stereocenters. The van der Waals surface area contributed by atoms with Gasteiger partial charge in [0.05, 0.1) is 15.9 Å². The predicted octanol–water partition coefficient (Wildman–Crippen LogP) is 4.44. The number of carbonyl (C=O) groups excluding carboxylic acids is 1. The maximum atomic E-state index is 12.8. The van der Waals surface area contributed by atoms with Crippen LogP contribution in [-0.2, 0) is 0 Å². The molecule has 1 aliphatic rings. The van der Waals surface area contributed by atoms with Gasteiger partial charge in [0.2, 0.25) is 0 Å². The molecular formula is C19H16N4OS3. The third-order valence-corrected chi connectivity index (χ3v) is 7.23. The summed E-state index contributed by atoms with van der Waals surface area (Å²) >= 11 is 4.83. The summed E-state index contributed by atoms with van der Waals surface area (Å²) in [6.45, 7) is 2.99. The Labute approximate surface area is 168 Å². The van der Waals surface area contributed by atoms with E-state index in [0.29, 0.717) is 18.1 Å². The number of thiazole rings is 2. The normalized spacial score (nSPS) is 14.8. The molecule has 1 aromatic carbocycles. The highest BCUT2D eigenvalue weighted by atomic mass is 32.1. The number of hydrogen-bond acceptors (Lipinski definition) is 7. The Bertz CT molecular complexity index is 1040. The summed E-state index contributed by atoms with van der Waals surface area (Å²) in [5, 5.41) is 7.91. The van der Waals surface area contributed by atoms with E-state index in [2.05, 4.69) is 32.1 Å². The smallest absolute Gasteiger partial charge is 0.282 e. The minimum absolute atomic E-state index is 0.0361. The first-order valence-electron chi connectivity index (χ1n) is 8.66. The third-order valence-electron chi connectivity index (χ3n) is 4.62. The zero-order valence-corrected chi connectivity index (χ0v) is 16.8. The van der Waals surface area contributed by atoms with Crippen molar-refractivity contribution < 1.29 is 4.79 Å². The van der Waals surface area contributed by atoms with Crippen molar-refractivity contribution in [3.63, 3.8) is 0 Å². The van der Waals surface area contributed by atoms with Crippen LogP contribution in [0.4, 0.5) is 5.13 Å². The van der Waals surface area contributed by atoms with Crippen LogP contribution in [-0.4, -0.2) is 47.0 Å². The number of carbonyl (C=O) groups is 1. The molecule has 0 spiro atoms. The highest BCUT2D eigenvalue weighted by molar-refractivity contribution is 7.20. The summed E-state index contributed by atoms with van der Waals surface area (Å²) in [7, 11) is 0. The third kappa shape index (κ3) is 3.24. The van der Waals surface area contributed by atoms with Gasteiger partial charge in [-0.25, -0.2) is 9.97 Å². The van der Waals surface area contributed by atoms with Crippen LogP contribution in [0.3, 0.4) is 0 Å². The van der Waals surface area contributed by atoms with Gasteiger partial charge in [0.1, 0.15) is 0 Å². The lowest BCUT2D eigenvalue weighted by atomic mass is 10.3. The lowest BCUT2D eigenvalue weighted by Gasteiger charge is -2.34. The van der Waals surface area contributed by atoms with Crippen LogP contribution in [0.15, 0.2) is 46.5 Å². The maximum Gasteiger partial charge on any atom is 0.282 e. The number of hydrogen-bond donors (Lipinski definition) is 0. The lowest BCUT2D eigenvalue weighted by Crippen LogP contribution is -2.48. The first-order chi connectivity index (χ1) is 13.3. The van der Waals surface area contributed by atoms with Crippen LogP contribution in [0.25, 0.3) is 21.5 Å². The van der Waals surface area contributed by atoms with Crippen LogP contribution >= 0.6 is 34.0 Å². The Morgan fingerprint density at radius 2 is 1.85 bits per heavy atom. The van der Waals surface area contributed by atoms with Crippen molar-refractivity contribution in [3.8, 4) is 11.3 Å². The molecule has 1 saturated heterocycles. The molecule has 0 bridgehead atoms. The molecule has 0 aliphatic carbocycles. The largest absolute Gasteiger partial charge is 0.345 e. The van der Waals surface area contributed by atoms with Crippen molar-refractivity contribution in [1.82, 2.24) is 14.9 Å². The second-order valence-corrected chi connectivity index (χ2v) is 8.94. The molecule has 0 saturated carbocycles. The number of piperazine rings is 1. The number of aromatic nitrogens is 2. The molecule has 4 aromatic rings. The van der Waals surface area contributed by atoms with Gasteiger partial charge in [-0.2, -0.15) is 11.3 Å². The molecule has 136 valence electrons. The van der Waals surface area contributed by atoms with E-state index < -0.39 is 0 Å². The van der Waals surface area contributed by atoms with Gasteiger partial charge in [0.15, 0.2) is 10.1 Å². The first-order valence-corrected chi connectivity index (χ1v) is 11.3. The van der Waals surface area contributed by atoms with Gasteiger partial charge in [-0.05, 0) is 23.6 Å². The molecular weight excluding hydrogens is 396 g/mol. The Morgan fingerprint density at radius 3 is 2.63 bits per heavy atom. The number of fused-ring (bicyclic) bond motifs is 1. The van der Waals surface area contributed by atoms with E-state index in [4.69, 9.17) is 4.98 Å². The summed E-state index contributed by atoms with van der Waals surface area (Å²) in [5.41, 5.74) is 3.10. The molecule has 3 aromatic heterocycles. The van der Waals surface area contributed by atoms with Crippen LogP contribution in [0.2, 0.25) is 0 Å². The summed E-state index contributed by atoms with van der Waals surface area (Å²) in [4.78, 5) is 26.3. The molecule has 5 rings (SSSR count). The van der Waals surface area contributed by atoms with Crippen LogP contribution in [0.5, 0.6) is 0 Å². The van der Waals surface area contributed by atoms with E-state index >= 15 is 0 Å². The Morgan fingerprint density at radius 1 is 1.00 bits per heavy atom. The number of nitrogens with zero attached hydrogens (tertiary/aromatic N) is 4. The second kappa shape index (κ2) is 7.03.